The van der Waals surface area contributed by atoms with Crippen molar-refractivity contribution in [2.75, 3.05) is 0 Å². The van der Waals surface area contributed by atoms with Crippen molar-refractivity contribution in [1.82, 2.24) is 0 Å². The molecule has 2 aromatic carbocycles. The van der Waals surface area contributed by atoms with Crippen molar-refractivity contribution in [3.8, 4) is 5.75 Å². The fourth-order valence-electron chi connectivity index (χ4n) is 2.00. The zero-order valence-corrected chi connectivity index (χ0v) is 12.0. The van der Waals surface area contributed by atoms with Crippen LogP contribution in [0.2, 0.25) is 0 Å². The second-order valence-electron chi connectivity index (χ2n) is 4.67. The first kappa shape index (κ1) is 15.0. The van der Waals surface area contributed by atoms with Crippen molar-refractivity contribution in [2.24, 2.45) is 0 Å². The summed E-state index contributed by atoms with van der Waals surface area (Å²) in [6, 6.07) is 13.0. The van der Waals surface area contributed by atoms with Gasteiger partial charge in [0.2, 0.25) is 5.78 Å². The molecule has 0 aliphatic rings. The highest BCUT2D eigenvalue weighted by molar-refractivity contribution is 5.99. The van der Waals surface area contributed by atoms with E-state index in [4.69, 9.17) is 4.74 Å². The summed E-state index contributed by atoms with van der Waals surface area (Å²) in [5, 5.41) is 0. The van der Waals surface area contributed by atoms with Gasteiger partial charge in [-0.15, -0.1) is 0 Å². The summed E-state index contributed by atoms with van der Waals surface area (Å²) >= 11 is 0. The smallest absolute Gasteiger partial charge is 0.202 e. The summed E-state index contributed by atoms with van der Waals surface area (Å²) in [6.07, 6.45) is 3.20. The van der Waals surface area contributed by atoms with Gasteiger partial charge in [-0.2, -0.15) is 0 Å². The van der Waals surface area contributed by atoms with Crippen LogP contribution in [0.15, 0.2) is 54.6 Å². The van der Waals surface area contributed by atoms with Gasteiger partial charge in [-0.1, -0.05) is 30.4 Å². The van der Waals surface area contributed by atoms with Crippen LogP contribution < -0.4 is 4.74 Å². The number of benzene rings is 2. The first-order valence-corrected chi connectivity index (χ1v) is 6.80. The van der Waals surface area contributed by atoms with Crippen LogP contribution in [0.4, 0.5) is 4.39 Å². The molecule has 1 unspecified atom stereocenters. The van der Waals surface area contributed by atoms with E-state index in [1.54, 1.807) is 6.92 Å². The number of carbonyl (C=O) groups excluding carboxylic acids is 1. The number of para-hydroxylation sites is 1. The van der Waals surface area contributed by atoms with Gasteiger partial charge in [-0.3, -0.25) is 4.79 Å². The standard InChI is InChI=1S/C18H17FO2/c1-3-6-14-7-4-5-8-17(14)21-13(2)18(20)15-9-11-16(19)12-10-15/h3-13H,1-2H3. The van der Waals surface area contributed by atoms with Crippen LogP contribution in [0.3, 0.4) is 0 Å². The molecule has 0 aliphatic carbocycles. The molecule has 0 fully saturated rings. The molecule has 0 heterocycles. The van der Waals surface area contributed by atoms with Crippen LogP contribution in [0.5, 0.6) is 5.75 Å². The Morgan fingerprint density at radius 2 is 1.81 bits per heavy atom. The molecular weight excluding hydrogens is 267 g/mol. The summed E-state index contributed by atoms with van der Waals surface area (Å²) in [5.74, 6) is 0.113. The molecule has 0 aliphatic heterocycles. The zero-order valence-electron chi connectivity index (χ0n) is 12.0. The molecule has 2 aromatic rings. The van der Waals surface area contributed by atoms with Crippen LogP contribution in [-0.2, 0) is 0 Å². The fourth-order valence-corrected chi connectivity index (χ4v) is 2.00. The minimum atomic E-state index is -0.637. The van der Waals surface area contributed by atoms with Crippen molar-refractivity contribution in [2.45, 2.75) is 20.0 Å². The lowest BCUT2D eigenvalue weighted by Gasteiger charge is -2.15. The molecule has 0 N–H and O–H groups in total. The maximum Gasteiger partial charge on any atom is 0.202 e. The quantitative estimate of drug-likeness (QED) is 0.755. The number of carbonyl (C=O) groups is 1. The summed E-state index contributed by atoms with van der Waals surface area (Å²) in [7, 11) is 0. The second kappa shape index (κ2) is 6.84. The third-order valence-corrected chi connectivity index (χ3v) is 3.07. The molecule has 0 amide bonds. The minimum Gasteiger partial charge on any atom is -0.482 e. The summed E-state index contributed by atoms with van der Waals surface area (Å²) in [4.78, 5) is 12.3. The first-order chi connectivity index (χ1) is 10.1. The van der Waals surface area contributed by atoms with E-state index in [0.717, 1.165) is 5.56 Å². The normalized spacial score (nSPS) is 12.3. The Bertz CT molecular complexity index is 645. The number of hydrogen-bond donors (Lipinski definition) is 0. The molecule has 2 nitrogen and oxygen atoms in total. The molecule has 0 bridgehead atoms. The third-order valence-electron chi connectivity index (χ3n) is 3.07. The van der Waals surface area contributed by atoms with Crippen LogP contribution in [0.25, 0.3) is 6.08 Å². The molecule has 0 aromatic heterocycles. The molecule has 2 rings (SSSR count). The fraction of sp³-hybridized carbons (Fsp3) is 0.167. The van der Waals surface area contributed by atoms with E-state index in [-0.39, 0.29) is 11.6 Å². The SMILES string of the molecule is CC=Cc1ccccc1OC(C)C(=O)c1ccc(F)cc1. The van der Waals surface area contributed by atoms with Gasteiger partial charge in [-0.05, 0) is 44.2 Å². The number of ketones is 1. The number of Topliss-reactive ketones (excluding diaryl/α,β-unsaturated/α-hetero) is 1. The Morgan fingerprint density at radius 1 is 1.14 bits per heavy atom. The van der Waals surface area contributed by atoms with Crippen molar-refractivity contribution >= 4 is 11.9 Å². The Kier molecular flexibility index (Phi) is 4.88. The minimum absolute atomic E-state index is 0.176. The number of halogens is 1. The lowest BCUT2D eigenvalue weighted by Crippen LogP contribution is -2.24. The van der Waals surface area contributed by atoms with E-state index in [1.165, 1.54) is 24.3 Å². The van der Waals surface area contributed by atoms with E-state index >= 15 is 0 Å². The lowest BCUT2D eigenvalue weighted by atomic mass is 10.1. The molecule has 21 heavy (non-hydrogen) atoms. The van der Waals surface area contributed by atoms with Crippen molar-refractivity contribution in [3.63, 3.8) is 0 Å². The maximum absolute atomic E-state index is 12.9. The van der Waals surface area contributed by atoms with Crippen LogP contribution in [0, 0.1) is 5.82 Å². The number of rotatable bonds is 5. The van der Waals surface area contributed by atoms with Gasteiger partial charge in [0.1, 0.15) is 11.6 Å². The predicted octanol–water partition coefficient (Wildman–Crippen LogP) is 4.51. The van der Waals surface area contributed by atoms with Crippen LogP contribution in [0.1, 0.15) is 29.8 Å². The van der Waals surface area contributed by atoms with Crippen molar-refractivity contribution in [1.29, 1.82) is 0 Å². The highest BCUT2D eigenvalue weighted by atomic mass is 19.1. The highest BCUT2D eigenvalue weighted by Crippen LogP contribution is 2.21. The van der Waals surface area contributed by atoms with Gasteiger partial charge < -0.3 is 4.74 Å². The Morgan fingerprint density at radius 3 is 2.48 bits per heavy atom. The number of hydrogen-bond acceptors (Lipinski definition) is 2. The Labute approximate surface area is 123 Å². The molecular formula is C18H17FO2. The van der Waals surface area contributed by atoms with Crippen LogP contribution in [-0.4, -0.2) is 11.9 Å². The van der Waals surface area contributed by atoms with Crippen molar-refractivity contribution in [3.05, 3.63) is 71.6 Å². The average Bonchev–Trinajstić information content (AvgIpc) is 2.49. The van der Waals surface area contributed by atoms with Crippen LogP contribution >= 0.6 is 0 Å². The Hall–Kier alpha value is -2.42. The maximum atomic E-state index is 12.9. The summed E-state index contributed by atoms with van der Waals surface area (Å²) < 4.78 is 18.6. The molecule has 1 atom stereocenters. The zero-order chi connectivity index (χ0) is 15.2. The lowest BCUT2D eigenvalue weighted by molar-refractivity contribution is 0.0818. The Balaban J connectivity index is 2.16. The highest BCUT2D eigenvalue weighted by Gasteiger charge is 2.17. The average molecular weight is 284 g/mol. The monoisotopic (exact) mass is 284 g/mol. The second-order valence-corrected chi connectivity index (χ2v) is 4.67. The molecule has 0 spiro atoms. The van der Waals surface area contributed by atoms with E-state index < -0.39 is 6.10 Å². The molecule has 3 heteroatoms. The third kappa shape index (κ3) is 3.78. The van der Waals surface area contributed by atoms with Gasteiger partial charge in [0.25, 0.3) is 0 Å². The molecule has 0 saturated heterocycles. The molecule has 0 radical (unpaired) electrons. The van der Waals surface area contributed by atoms with E-state index in [9.17, 15) is 9.18 Å². The molecule has 0 saturated carbocycles. The predicted molar refractivity (Wildman–Crippen MR) is 82.0 cm³/mol. The van der Waals surface area contributed by atoms with Gasteiger partial charge in [0, 0.05) is 11.1 Å². The summed E-state index contributed by atoms with van der Waals surface area (Å²) in [6.45, 7) is 3.61. The van der Waals surface area contributed by atoms with E-state index in [0.29, 0.717) is 11.3 Å². The first-order valence-electron chi connectivity index (χ1n) is 6.80. The largest absolute Gasteiger partial charge is 0.482 e. The van der Waals surface area contributed by atoms with Crippen molar-refractivity contribution < 1.29 is 13.9 Å². The molecule has 108 valence electrons. The number of allylic oxidation sites excluding steroid dienone is 1. The number of ether oxygens (including phenoxy) is 1. The van der Waals surface area contributed by atoms with Gasteiger partial charge in [0.15, 0.2) is 6.10 Å². The van der Waals surface area contributed by atoms with E-state index in [1.807, 2.05) is 43.3 Å². The van der Waals surface area contributed by atoms with E-state index in [2.05, 4.69) is 0 Å². The topological polar surface area (TPSA) is 26.3 Å². The van der Waals surface area contributed by atoms with Gasteiger partial charge in [0.05, 0.1) is 0 Å². The summed E-state index contributed by atoms with van der Waals surface area (Å²) in [5.41, 5.74) is 1.35. The van der Waals surface area contributed by atoms with Gasteiger partial charge in [-0.25, -0.2) is 4.39 Å². The van der Waals surface area contributed by atoms with Gasteiger partial charge >= 0.3 is 0 Å².